The van der Waals surface area contributed by atoms with E-state index in [2.05, 4.69) is 17.6 Å². The quantitative estimate of drug-likeness (QED) is 0.769. The number of aryl methyl sites for hydroxylation is 1. The Kier molecular flexibility index (Phi) is 6.51. The molecule has 0 aromatic heterocycles. The number of carbonyl (C=O) groups excluding carboxylic acids is 2. The molecule has 0 aliphatic heterocycles. The lowest BCUT2D eigenvalue weighted by atomic mass is 10.1. The molecular weight excluding hydrogens is 304 g/mol. The summed E-state index contributed by atoms with van der Waals surface area (Å²) >= 11 is 0. The van der Waals surface area contributed by atoms with Crippen molar-refractivity contribution in [3.8, 4) is 0 Å². The van der Waals surface area contributed by atoms with Gasteiger partial charge in [-0.2, -0.15) is 0 Å². The van der Waals surface area contributed by atoms with Gasteiger partial charge in [0, 0.05) is 30.5 Å². The summed E-state index contributed by atoms with van der Waals surface area (Å²) in [5.74, 6) is -0.389. The predicted molar refractivity (Wildman–Crippen MR) is 94.4 cm³/mol. The number of anilines is 1. The number of ether oxygens (including phenoxy) is 1. The molecule has 0 unspecified atom stereocenters. The van der Waals surface area contributed by atoms with E-state index in [1.54, 1.807) is 31.4 Å². The van der Waals surface area contributed by atoms with Crippen LogP contribution in [0.2, 0.25) is 0 Å². The van der Waals surface area contributed by atoms with Crippen molar-refractivity contribution in [2.24, 2.45) is 0 Å². The van der Waals surface area contributed by atoms with Crippen LogP contribution < -0.4 is 10.6 Å². The van der Waals surface area contributed by atoms with E-state index in [-0.39, 0.29) is 11.8 Å². The first kappa shape index (κ1) is 17.7. The maximum absolute atomic E-state index is 12.2. The molecule has 0 heterocycles. The summed E-state index contributed by atoms with van der Waals surface area (Å²) in [6.07, 6.45) is 0.960. The lowest BCUT2D eigenvalue weighted by Crippen LogP contribution is -2.26. The first-order valence-corrected chi connectivity index (χ1v) is 7.91. The van der Waals surface area contributed by atoms with Gasteiger partial charge in [0.15, 0.2) is 0 Å². The number of carbonyl (C=O) groups is 2. The lowest BCUT2D eigenvalue weighted by molar-refractivity contribution is 0.0935. The fourth-order valence-corrected chi connectivity index (χ4v) is 2.17. The van der Waals surface area contributed by atoms with Crippen LogP contribution >= 0.6 is 0 Å². The van der Waals surface area contributed by atoms with E-state index < -0.39 is 0 Å². The number of methoxy groups -OCH3 is 1. The highest BCUT2D eigenvalue weighted by Crippen LogP contribution is 2.12. The summed E-state index contributed by atoms with van der Waals surface area (Å²) in [4.78, 5) is 24.1. The van der Waals surface area contributed by atoms with E-state index >= 15 is 0 Å². The average Bonchev–Trinajstić information content (AvgIpc) is 2.62. The van der Waals surface area contributed by atoms with Crippen molar-refractivity contribution in [2.75, 3.05) is 25.6 Å². The summed E-state index contributed by atoms with van der Waals surface area (Å²) in [7, 11) is 1.58. The van der Waals surface area contributed by atoms with Gasteiger partial charge in [0.25, 0.3) is 11.8 Å². The van der Waals surface area contributed by atoms with Crippen LogP contribution in [0, 0.1) is 0 Å². The largest absolute Gasteiger partial charge is 0.383 e. The third-order valence-electron chi connectivity index (χ3n) is 3.62. The molecule has 0 fully saturated rings. The number of hydrogen-bond acceptors (Lipinski definition) is 3. The zero-order valence-corrected chi connectivity index (χ0v) is 14.0. The van der Waals surface area contributed by atoms with E-state index in [1.807, 2.05) is 24.3 Å². The highest BCUT2D eigenvalue weighted by atomic mass is 16.5. The first-order chi connectivity index (χ1) is 11.6. The van der Waals surface area contributed by atoms with Gasteiger partial charge in [-0.05, 0) is 48.4 Å². The average molecular weight is 326 g/mol. The molecule has 2 amide bonds. The summed E-state index contributed by atoms with van der Waals surface area (Å²) in [5, 5.41) is 5.58. The van der Waals surface area contributed by atoms with Crippen molar-refractivity contribution >= 4 is 17.5 Å². The van der Waals surface area contributed by atoms with Gasteiger partial charge in [-0.3, -0.25) is 9.59 Å². The van der Waals surface area contributed by atoms with Crippen molar-refractivity contribution in [3.05, 3.63) is 65.2 Å². The molecule has 0 bridgehead atoms. The Balaban J connectivity index is 1.96. The summed E-state index contributed by atoms with van der Waals surface area (Å²) < 4.78 is 4.88. The standard InChI is InChI=1S/C19H22N2O3/c1-3-14-4-10-17(11-5-14)21-19(23)16-8-6-15(7-9-16)18(22)20-12-13-24-2/h4-11H,3,12-13H2,1-2H3,(H,20,22)(H,21,23). The second-order valence-electron chi connectivity index (χ2n) is 5.33. The molecule has 0 saturated carbocycles. The number of nitrogens with one attached hydrogen (secondary N) is 2. The van der Waals surface area contributed by atoms with Crippen LogP contribution in [-0.4, -0.2) is 32.1 Å². The zero-order chi connectivity index (χ0) is 17.4. The highest BCUT2D eigenvalue weighted by Gasteiger charge is 2.09. The van der Waals surface area contributed by atoms with Crippen molar-refractivity contribution in [2.45, 2.75) is 13.3 Å². The molecule has 0 spiro atoms. The van der Waals surface area contributed by atoms with Crippen molar-refractivity contribution in [1.29, 1.82) is 0 Å². The molecule has 0 saturated heterocycles. The Bertz CT molecular complexity index is 679. The zero-order valence-electron chi connectivity index (χ0n) is 14.0. The summed E-state index contributed by atoms with van der Waals surface area (Å²) in [5.41, 5.74) is 2.98. The molecule has 0 aliphatic rings. The number of benzene rings is 2. The SMILES string of the molecule is CCc1ccc(NC(=O)c2ccc(C(=O)NCCOC)cc2)cc1. The van der Waals surface area contributed by atoms with E-state index in [0.717, 1.165) is 12.1 Å². The smallest absolute Gasteiger partial charge is 0.255 e. The molecule has 0 aliphatic carbocycles. The fraction of sp³-hybridized carbons (Fsp3) is 0.263. The monoisotopic (exact) mass is 326 g/mol. The molecule has 2 aromatic rings. The minimum absolute atomic E-state index is 0.186. The third kappa shape index (κ3) is 4.93. The number of amides is 2. The third-order valence-corrected chi connectivity index (χ3v) is 3.62. The van der Waals surface area contributed by atoms with Crippen LogP contribution in [0.15, 0.2) is 48.5 Å². The van der Waals surface area contributed by atoms with Gasteiger partial charge in [-0.15, -0.1) is 0 Å². The van der Waals surface area contributed by atoms with Gasteiger partial charge in [-0.1, -0.05) is 19.1 Å². The Morgan fingerprint density at radius 1 is 0.917 bits per heavy atom. The van der Waals surface area contributed by atoms with Gasteiger partial charge in [-0.25, -0.2) is 0 Å². The van der Waals surface area contributed by atoms with Crippen LogP contribution in [0.3, 0.4) is 0 Å². The van der Waals surface area contributed by atoms with Crippen molar-refractivity contribution in [1.82, 2.24) is 5.32 Å². The van der Waals surface area contributed by atoms with Gasteiger partial charge in [0.2, 0.25) is 0 Å². The molecule has 24 heavy (non-hydrogen) atoms. The van der Waals surface area contributed by atoms with Gasteiger partial charge in [0.05, 0.1) is 6.61 Å². The Morgan fingerprint density at radius 2 is 1.50 bits per heavy atom. The van der Waals surface area contributed by atoms with Crippen molar-refractivity contribution < 1.29 is 14.3 Å². The molecular formula is C19H22N2O3. The molecule has 5 nitrogen and oxygen atoms in total. The van der Waals surface area contributed by atoms with Crippen LogP contribution in [-0.2, 0) is 11.2 Å². The van der Waals surface area contributed by atoms with Gasteiger partial charge >= 0.3 is 0 Å². The molecule has 0 radical (unpaired) electrons. The fourth-order valence-electron chi connectivity index (χ4n) is 2.17. The Morgan fingerprint density at radius 3 is 2.04 bits per heavy atom. The normalized spacial score (nSPS) is 10.2. The minimum atomic E-state index is -0.203. The van der Waals surface area contributed by atoms with Crippen LogP contribution in [0.5, 0.6) is 0 Å². The number of hydrogen-bond donors (Lipinski definition) is 2. The molecule has 2 N–H and O–H groups in total. The van der Waals surface area contributed by atoms with Gasteiger partial charge < -0.3 is 15.4 Å². The number of rotatable bonds is 7. The Hall–Kier alpha value is -2.66. The summed E-state index contributed by atoms with van der Waals surface area (Å²) in [6.45, 7) is 2.99. The van der Waals surface area contributed by atoms with E-state index in [9.17, 15) is 9.59 Å². The molecule has 2 aromatic carbocycles. The predicted octanol–water partition coefficient (Wildman–Crippen LogP) is 2.88. The lowest BCUT2D eigenvalue weighted by Gasteiger charge is -2.07. The topological polar surface area (TPSA) is 67.4 Å². The maximum Gasteiger partial charge on any atom is 0.255 e. The second kappa shape index (κ2) is 8.84. The van der Waals surface area contributed by atoms with Crippen LogP contribution in [0.4, 0.5) is 5.69 Å². The molecule has 5 heteroatoms. The highest BCUT2D eigenvalue weighted by molar-refractivity contribution is 6.05. The first-order valence-electron chi connectivity index (χ1n) is 7.91. The molecule has 0 atom stereocenters. The van der Waals surface area contributed by atoms with Crippen LogP contribution in [0.25, 0.3) is 0 Å². The van der Waals surface area contributed by atoms with E-state index in [4.69, 9.17) is 4.74 Å². The molecule has 126 valence electrons. The maximum atomic E-state index is 12.2. The Labute approximate surface area is 142 Å². The molecule has 2 rings (SSSR count). The van der Waals surface area contributed by atoms with Crippen LogP contribution in [0.1, 0.15) is 33.2 Å². The van der Waals surface area contributed by atoms with E-state index in [1.165, 1.54) is 5.56 Å². The van der Waals surface area contributed by atoms with Crippen molar-refractivity contribution in [3.63, 3.8) is 0 Å². The summed E-state index contributed by atoms with van der Waals surface area (Å²) in [6, 6.07) is 14.3. The second-order valence-corrected chi connectivity index (χ2v) is 5.33. The van der Waals surface area contributed by atoms with Gasteiger partial charge in [0.1, 0.15) is 0 Å². The minimum Gasteiger partial charge on any atom is -0.383 e. The van der Waals surface area contributed by atoms with E-state index in [0.29, 0.717) is 24.3 Å².